The summed E-state index contributed by atoms with van der Waals surface area (Å²) < 4.78 is 0. The van der Waals surface area contributed by atoms with Gasteiger partial charge in [-0.15, -0.1) is 11.3 Å². The van der Waals surface area contributed by atoms with Crippen LogP contribution in [-0.2, 0) is 6.42 Å². The normalized spacial score (nSPS) is 10.8. The molecule has 2 aromatic heterocycles. The molecule has 0 saturated heterocycles. The van der Waals surface area contributed by atoms with Crippen molar-refractivity contribution in [1.82, 2.24) is 15.3 Å². The summed E-state index contributed by atoms with van der Waals surface area (Å²) in [5, 5.41) is 7.31. The van der Waals surface area contributed by atoms with E-state index < -0.39 is 0 Å². The summed E-state index contributed by atoms with van der Waals surface area (Å²) >= 11 is 3.14. The van der Waals surface area contributed by atoms with E-state index in [-0.39, 0.29) is 5.91 Å². The van der Waals surface area contributed by atoms with Crippen LogP contribution >= 0.6 is 23.1 Å². The number of thiophene rings is 1. The first-order chi connectivity index (χ1) is 12.7. The van der Waals surface area contributed by atoms with Crippen molar-refractivity contribution in [1.29, 1.82) is 0 Å². The van der Waals surface area contributed by atoms with Crippen LogP contribution in [0.25, 0.3) is 10.2 Å². The Morgan fingerprint density at radius 1 is 1.19 bits per heavy atom. The van der Waals surface area contributed by atoms with Gasteiger partial charge in [0.1, 0.15) is 17.0 Å². The molecule has 7 heteroatoms. The molecule has 5 nitrogen and oxygen atoms in total. The van der Waals surface area contributed by atoms with Crippen LogP contribution in [0.1, 0.15) is 20.8 Å². The zero-order valence-electron chi connectivity index (χ0n) is 14.9. The molecule has 2 N–H and O–H groups in total. The van der Waals surface area contributed by atoms with Gasteiger partial charge in [-0.1, -0.05) is 30.3 Å². The number of carbonyl (C=O) groups excluding carboxylic acids is 1. The summed E-state index contributed by atoms with van der Waals surface area (Å²) in [4.78, 5) is 22.7. The Bertz CT molecular complexity index is 880. The van der Waals surface area contributed by atoms with Crippen molar-refractivity contribution in [3.8, 4) is 0 Å². The molecule has 0 aliphatic carbocycles. The number of rotatable bonds is 8. The van der Waals surface area contributed by atoms with E-state index in [1.807, 2.05) is 31.4 Å². The molecule has 0 unspecified atom stereocenters. The van der Waals surface area contributed by atoms with Gasteiger partial charge in [-0.05, 0) is 30.7 Å². The zero-order valence-corrected chi connectivity index (χ0v) is 16.5. The molecule has 1 amide bonds. The highest BCUT2D eigenvalue weighted by Gasteiger charge is 2.18. The number of hydrogen-bond donors (Lipinski definition) is 2. The fourth-order valence-corrected chi connectivity index (χ4v) is 4.11. The highest BCUT2D eigenvalue weighted by molar-refractivity contribution is 7.98. The van der Waals surface area contributed by atoms with Gasteiger partial charge in [-0.25, -0.2) is 9.97 Å². The summed E-state index contributed by atoms with van der Waals surface area (Å²) in [7, 11) is 0. The number of hydrogen-bond acceptors (Lipinski definition) is 6. The SMILES string of the molecule is CSCCNC(=O)c1sc2ncnc(NCCc3ccccc3)c2c1C. The molecule has 0 saturated carbocycles. The third kappa shape index (κ3) is 4.34. The van der Waals surface area contributed by atoms with E-state index in [2.05, 4.69) is 32.7 Å². The van der Waals surface area contributed by atoms with Crippen molar-refractivity contribution in [3.63, 3.8) is 0 Å². The van der Waals surface area contributed by atoms with Gasteiger partial charge in [0.05, 0.1) is 10.3 Å². The highest BCUT2D eigenvalue weighted by atomic mass is 32.2. The van der Waals surface area contributed by atoms with Crippen LogP contribution in [0.3, 0.4) is 0 Å². The van der Waals surface area contributed by atoms with E-state index in [1.165, 1.54) is 16.9 Å². The lowest BCUT2D eigenvalue weighted by molar-refractivity contribution is 0.0960. The van der Waals surface area contributed by atoms with Crippen molar-refractivity contribution >= 4 is 45.0 Å². The maximum absolute atomic E-state index is 12.4. The minimum atomic E-state index is -0.0326. The standard InChI is InChI=1S/C19H22N4OS2/c1-13-15-17(20-9-8-14-6-4-3-5-7-14)22-12-23-19(15)26-16(13)18(24)21-10-11-25-2/h3-7,12H,8-11H2,1-2H3,(H,21,24)(H,20,22,23). The van der Waals surface area contributed by atoms with Gasteiger partial charge < -0.3 is 10.6 Å². The molecule has 0 atom stereocenters. The summed E-state index contributed by atoms with van der Waals surface area (Å²) in [6, 6.07) is 10.3. The molecule has 0 bridgehead atoms. The number of thioether (sulfide) groups is 1. The molecule has 2 heterocycles. The number of aromatic nitrogens is 2. The van der Waals surface area contributed by atoms with E-state index in [1.54, 1.807) is 18.1 Å². The monoisotopic (exact) mass is 386 g/mol. The first-order valence-corrected chi connectivity index (χ1v) is 10.7. The minimum absolute atomic E-state index is 0.0326. The highest BCUT2D eigenvalue weighted by Crippen LogP contribution is 2.33. The first kappa shape index (κ1) is 18.7. The van der Waals surface area contributed by atoms with Gasteiger partial charge in [0.15, 0.2) is 0 Å². The quantitative estimate of drug-likeness (QED) is 0.577. The second-order valence-corrected chi connectivity index (χ2v) is 7.85. The number of anilines is 1. The van der Waals surface area contributed by atoms with Crippen molar-refractivity contribution in [2.24, 2.45) is 0 Å². The van der Waals surface area contributed by atoms with Crippen LogP contribution < -0.4 is 10.6 Å². The lowest BCUT2D eigenvalue weighted by atomic mass is 10.1. The third-order valence-corrected chi connectivity index (χ3v) is 5.88. The Morgan fingerprint density at radius 2 is 2.00 bits per heavy atom. The van der Waals surface area contributed by atoms with Crippen molar-refractivity contribution in [2.75, 3.05) is 30.4 Å². The molecule has 3 aromatic rings. The molecule has 1 aromatic carbocycles. The fourth-order valence-electron chi connectivity index (χ4n) is 2.74. The third-order valence-electron chi connectivity index (χ3n) is 4.07. The Kier molecular flexibility index (Phi) is 6.46. The van der Waals surface area contributed by atoms with Crippen molar-refractivity contribution in [3.05, 3.63) is 52.7 Å². The smallest absolute Gasteiger partial charge is 0.261 e. The Labute approximate surface area is 161 Å². The molecule has 0 fully saturated rings. The summed E-state index contributed by atoms with van der Waals surface area (Å²) in [6.07, 6.45) is 4.50. The van der Waals surface area contributed by atoms with Crippen LogP contribution in [0.2, 0.25) is 0 Å². The van der Waals surface area contributed by atoms with Crippen LogP contribution in [0, 0.1) is 6.92 Å². The summed E-state index contributed by atoms with van der Waals surface area (Å²) in [6.45, 7) is 3.41. The van der Waals surface area contributed by atoms with Crippen LogP contribution in [0.5, 0.6) is 0 Å². The largest absolute Gasteiger partial charge is 0.369 e. The van der Waals surface area contributed by atoms with Gasteiger partial charge in [0.2, 0.25) is 0 Å². The zero-order chi connectivity index (χ0) is 18.4. The molecule has 0 spiro atoms. The number of nitrogens with zero attached hydrogens (tertiary/aromatic N) is 2. The van der Waals surface area contributed by atoms with Gasteiger partial charge in [-0.3, -0.25) is 4.79 Å². The second kappa shape index (κ2) is 9.00. The number of amides is 1. The van der Waals surface area contributed by atoms with Gasteiger partial charge in [-0.2, -0.15) is 11.8 Å². The first-order valence-electron chi connectivity index (χ1n) is 8.49. The summed E-state index contributed by atoms with van der Waals surface area (Å²) in [5.41, 5.74) is 2.22. The Morgan fingerprint density at radius 3 is 2.77 bits per heavy atom. The van der Waals surface area contributed by atoms with Gasteiger partial charge >= 0.3 is 0 Å². The lowest BCUT2D eigenvalue weighted by Gasteiger charge is -2.07. The average molecular weight is 387 g/mol. The van der Waals surface area contributed by atoms with E-state index in [0.717, 1.165) is 40.3 Å². The predicted molar refractivity (Wildman–Crippen MR) is 112 cm³/mol. The topological polar surface area (TPSA) is 66.9 Å². The molecule has 3 rings (SSSR count). The second-order valence-electron chi connectivity index (χ2n) is 5.87. The number of aryl methyl sites for hydroxylation is 1. The van der Waals surface area contributed by atoms with E-state index in [4.69, 9.17) is 0 Å². The minimum Gasteiger partial charge on any atom is -0.369 e. The number of carbonyl (C=O) groups is 1. The molecular formula is C19H22N4OS2. The average Bonchev–Trinajstić information content (AvgIpc) is 3.00. The molecule has 0 radical (unpaired) electrons. The Balaban J connectivity index is 1.75. The molecule has 0 aliphatic heterocycles. The Hall–Kier alpha value is -2.12. The van der Waals surface area contributed by atoms with E-state index >= 15 is 0 Å². The predicted octanol–water partition coefficient (Wildman–Crippen LogP) is 3.75. The number of nitrogens with one attached hydrogen (secondary N) is 2. The van der Waals surface area contributed by atoms with E-state index in [0.29, 0.717) is 11.4 Å². The van der Waals surface area contributed by atoms with E-state index in [9.17, 15) is 4.79 Å². The number of fused-ring (bicyclic) bond motifs is 1. The van der Waals surface area contributed by atoms with Crippen molar-refractivity contribution in [2.45, 2.75) is 13.3 Å². The van der Waals surface area contributed by atoms with Crippen LogP contribution in [-0.4, -0.2) is 41.0 Å². The fraction of sp³-hybridized carbons (Fsp3) is 0.316. The summed E-state index contributed by atoms with van der Waals surface area (Å²) in [5.74, 6) is 1.67. The lowest BCUT2D eigenvalue weighted by Crippen LogP contribution is -2.25. The maximum atomic E-state index is 12.4. The molecular weight excluding hydrogens is 364 g/mol. The van der Waals surface area contributed by atoms with Crippen LogP contribution in [0.15, 0.2) is 36.7 Å². The molecule has 26 heavy (non-hydrogen) atoms. The molecule has 0 aliphatic rings. The molecule has 136 valence electrons. The van der Waals surface area contributed by atoms with Gasteiger partial charge in [0, 0.05) is 18.8 Å². The number of benzene rings is 1. The van der Waals surface area contributed by atoms with Gasteiger partial charge in [0.25, 0.3) is 5.91 Å². The van der Waals surface area contributed by atoms with Crippen LogP contribution in [0.4, 0.5) is 5.82 Å². The van der Waals surface area contributed by atoms with Crippen molar-refractivity contribution < 1.29 is 4.79 Å². The maximum Gasteiger partial charge on any atom is 0.261 e.